The van der Waals surface area contributed by atoms with Crippen molar-refractivity contribution in [3.05, 3.63) is 22.6 Å². The van der Waals surface area contributed by atoms with Crippen molar-refractivity contribution in [1.29, 1.82) is 0 Å². The molecule has 1 heteroatoms. The van der Waals surface area contributed by atoms with Crippen molar-refractivity contribution in [3.8, 4) is 0 Å². The molecule has 0 aromatic carbocycles. The fourth-order valence-corrected chi connectivity index (χ4v) is 0.929. The molecule has 0 unspecified atom stereocenters. The van der Waals surface area contributed by atoms with Crippen molar-refractivity contribution >= 4 is 12.6 Å². The van der Waals surface area contributed by atoms with Crippen molar-refractivity contribution in [2.45, 2.75) is 33.6 Å². The zero-order valence-electron chi connectivity index (χ0n) is 7.02. The highest BCUT2D eigenvalue weighted by atomic mass is 32.1. The number of allylic oxidation sites excluding steroid dienone is 3. The van der Waals surface area contributed by atoms with Crippen LogP contribution < -0.4 is 0 Å². The van der Waals surface area contributed by atoms with Gasteiger partial charge in [0.1, 0.15) is 0 Å². The number of hydrogen-bond acceptors (Lipinski definition) is 1. The third-order valence-electron chi connectivity index (χ3n) is 1.56. The molecule has 0 aliphatic heterocycles. The largest absolute Gasteiger partial charge is 0.144 e. The van der Waals surface area contributed by atoms with Crippen LogP contribution in [0, 0.1) is 0 Å². The highest BCUT2D eigenvalue weighted by molar-refractivity contribution is 7.84. The zero-order chi connectivity index (χ0) is 7.98. The number of hydrogen-bond donors (Lipinski definition) is 1. The summed E-state index contributed by atoms with van der Waals surface area (Å²) >= 11 is 4.26. The summed E-state index contributed by atoms with van der Waals surface area (Å²) in [4.78, 5) is 1.07. The Labute approximate surface area is 69.4 Å². The minimum Gasteiger partial charge on any atom is -0.144 e. The predicted octanol–water partition coefficient (Wildman–Crippen LogP) is 3.57. The summed E-state index contributed by atoms with van der Waals surface area (Å²) in [5.41, 5.74) is 1.46. The Hall–Kier alpha value is -0.170. The molecule has 0 amide bonds. The first-order valence-electron chi connectivity index (χ1n) is 3.79. The number of rotatable bonds is 3. The van der Waals surface area contributed by atoms with E-state index in [9.17, 15) is 0 Å². The molecule has 0 rings (SSSR count). The monoisotopic (exact) mass is 156 g/mol. The van der Waals surface area contributed by atoms with E-state index in [2.05, 4.69) is 32.6 Å². The Kier molecular flexibility index (Phi) is 5.51. The Balaban J connectivity index is 4.10. The molecule has 0 saturated heterocycles. The third-order valence-corrected chi connectivity index (χ3v) is 1.94. The molecule has 0 spiro atoms. The van der Waals surface area contributed by atoms with Crippen LogP contribution in [0.15, 0.2) is 22.6 Å². The van der Waals surface area contributed by atoms with Crippen LogP contribution in [0.1, 0.15) is 33.6 Å². The summed E-state index contributed by atoms with van der Waals surface area (Å²) in [5.74, 6) is 0. The van der Waals surface area contributed by atoms with Crippen LogP contribution in [0.2, 0.25) is 0 Å². The predicted molar refractivity (Wildman–Crippen MR) is 51.4 cm³/mol. The van der Waals surface area contributed by atoms with Gasteiger partial charge >= 0.3 is 0 Å². The van der Waals surface area contributed by atoms with E-state index in [-0.39, 0.29) is 0 Å². The highest BCUT2D eigenvalue weighted by Crippen LogP contribution is 2.11. The van der Waals surface area contributed by atoms with Gasteiger partial charge in [0.2, 0.25) is 0 Å². The second kappa shape index (κ2) is 5.60. The average Bonchev–Trinajstić information content (AvgIpc) is 1.99. The molecule has 0 aromatic heterocycles. The van der Waals surface area contributed by atoms with E-state index >= 15 is 0 Å². The Morgan fingerprint density at radius 1 is 1.30 bits per heavy atom. The summed E-state index contributed by atoms with van der Waals surface area (Å²) in [6.45, 7) is 6.35. The molecular formula is C9H16S. The van der Waals surface area contributed by atoms with E-state index in [0.717, 1.165) is 17.7 Å². The van der Waals surface area contributed by atoms with Crippen LogP contribution in [0.4, 0.5) is 0 Å². The molecule has 58 valence electrons. The molecule has 0 nitrogen and oxygen atoms in total. The molecular weight excluding hydrogens is 140 g/mol. The van der Waals surface area contributed by atoms with Crippen molar-refractivity contribution in [2.75, 3.05) is 0 Å². The van der Waals surface area contributed by atoms with Crippen molar-refractivity contribution in [2.24, 2.45) is 0 Å². The quantitative estimate of drug-likeness (QED) is 0.469. The summed E-state index contributed by atoms with van der Waals surface area (Å²) in [6.07, 6.45) is 6.42. The lowest BCUT2D eigenvalue weighted by Crippen LogP contribution is -1.76. The maximum absolute atomic E-state index is 4.26. The van der Waals surface area contributed by atoms with Gasteiger partial charge in [0, 0.05) is 0 Å². The van der Waals surface area contributed by atoms with Crippen molar-refractivity contribution in [3.63, 3.8) is 0 Å². The molecule has 0 fully saturated rings. The molecule has 0 heterocycles. The first kappa shape index (κ1) is 9.83. The third kappa shape index (κ3) is 3.78. The topological polar surface area (TPSA) is 0 Å². The molecule has 10 heavy (non-hydrogen) atoms. The number of thiol groups is 1. The summed E-state index contributed by atoms with van der Waals surface area (Å²) < 4.78 is 0. The van der Waals surface area contributed by atoms with Crippen LogP contribution in [-0.2, 0) is 0 Å². The highest BCUT2D eigenvalue weighted by Gasteiger charge is 1.88. The smallest absolute Gasteiger partial charge is 0.000323 e. The molecule has 0 aliphatic rings. The lowest BCUT2D eigenvalue weighted by molar-refractivity contribution is 0.977. The van der Waals surface area contributed by atoms with Crippen molar-refractivity contribution in [1.82, 2.24) is 0 Å². The molecule has 0 atom stereocenters. The Morgan fingerprint density at radius 2 is 1.80 bits per heavy atom. The minimum absolute atomic E-state index is 1.07. The second-order valence-corrected chi connectivity index (χ2v) is 2.74. The van der Waals surface area contributed by atoms with Gasteiger partial charge in [-0.25, -0.2) is 0 Å². The van der Waals surface area contributed by atoms with Gasteiger partial charge in [-0.2, -0.15) is 0 Å². The summed E-state index contributed by atoms with van der Waals surface area (Å²) in [6, 6.07) is 0. The summed E-state index contributed by atoms with van der Waals surface area (Å²) in [5, 5.41) is 0. The van der Waals surface area contributed by atoms with Gasteiger partial charge in [-0.15, -0.1) is 12.6 Å². The van der Waals surface area contributed by atoms with E-state index in [4.69, 9.17) is 0 Å². The lowest BCUT2D eigenvalue weighted by Gasteiger charge is -1.98. The van der Waals surface area contributed by atoms with Crippen molar-refractivity contribution < 1.29 is 0 Å². The summed E-state index contributed by atoms with van der Waals surface area (Å²) in [7, 11) is 0. The molecule has 0 radical (unpaired) electrons. The van der Waals surface area contributed by atoms with Gasteiger partial charge in [0.05, 0.1) is 0 Å². The van der Waals surface area contributed by atoms with Gasteiger partial charge in [-0.3, -0.25) is 0 Å². The first-order valence-corrected chi connectivity index (χ1v) is 4.24. The van der Waals surface area contributed by atoms with E-state index in [1.54, 1.807) is 0 Å². The SMILES string of the molecule is C/C=C(/S)C=C(CC)CC. The lowest BCUT2D eigenvalue weighted by atomic mass is 10.1. The molecule has 0 aliphatic carbocycles. The molecule has 0 N–H and O–H groups in total. The van der Waals surface area contributed by atoms with Crippen LogP contribution >= 0.6 is 12.6 Å². The normalized spacial score (nSPS) is 11.4. The fourth-order valence-electron chi connectivity index (χ4n) is 0.747. The van der Waals surface area contributed by atoms with Crippen LogP contribution in [0.3, 0.4) is 0 Å². The van der Waals surface area contributed by atoms with Gasteiger partial charge in [-0.1, -0.05) is 31.6 Å². The van der Waals surface area contributed by atoms with Gasteiger partial charge in [-0.05, 0) is 24.7 Å². The zero-order valence-corrected chi connectivity index (χ0v) is 7.91. The first-order chi connectivity index (χ1) is 4.74. The minimum atomic E-state index is 1.07. The molecule has 0 aromatic rings. The maximum Gasteiger partial charge on any atom is -0.000323 e. The van der Waals surface area contributed by atoms with Crippen LogP contribution in [0.5, 0.6) is 0 Å². The maximum atomic E-state index is 4.26. The molecule has 0 saturated carbocycles. The average molecular weight is 156 g/mol. The van der Waals surface area contributed by atoms with Gasteiger partial charge < -0.3 is 0 Å². The van der Waals surface area contributed by atoms with Gasteiger partial charge in [0.25, 0.3) is 0 Å². The Morgan fingerprint density at radius 3 is 2.10 bits per heavy atom. The van der Waals surface area contributed by atoms with E-state index < -0.39 is 0 Å². The van der Waals surface area contributed by atoms with Gasteiger partial charge in [0.15, 0.2) is 0 Å². The second-order valence-electron chi connectivity index (χ2n) is 2.22. The van der Waals surface area contributed by atoms with E-state index in [1.165, 1.54) is 5.57 Å². The molecule has 0 bridgehead atoms. The fraction of sp³-hybridized carbons (Fsp3) is 0.556. The standard InChI is InChI=1S/C9H16S/c1-4-8(5-2)7-9(10)6-3/h6-7,10H,4-5H2,1-3H3/b9-6+. The van der Waals surface area contributed by atoms with Crippen LogP contribution in [-0.4, -0.2) is 0 Å². The Bertz CT molecular complexity index is 137. The van der Waals surface area contributed by atoms with Crippen LogP contribution in [0.25, 0.3) is 0 Å². The van der Waals surface area contributed by atoms with E-state index in [0.29, 0.717) is 0 Å². The van der Waals surface area contributed by atoms with E-state index in [1.807, 2.05) is 13.0 Å².